The van der Waals surface area contributed by atoms with Gasteiger partial charge in [-0.2, -0.15) is 5.10 Å². The molecule has 4 rings (SSSR count). The average Bonchev–Trinajstić information content (AvgIpc) is 3.17. The first-order chi connectivity index (χ1) is 10.7. The molecule has 0 aliphatic carbocycles. The molecule has 1 amide bonds. The molecule has 6 nitrogen and oxygen atoms in total. The molecule has 1 spiro atoms. The van der Waals surface area contributed by atoms with E-state index in [0.29, 0.717) is 31.8 Å². The van der Waals surface area contributed by atoms with Gasteiger partial charge >= 0.3 is 0 Å². The van der Waals surface area contributed by atoms with Crippen molar-refractivity contribution in [3.8, 4) is 0 Å². The summed E-state index contributed by atoms with van der Waals surface area (Å²) in [7, 11) is 0. The molecule has 6 heteroatoms. The summed E-state index contributed by atoms with van der Waals surface area (Å²) < 4.78 is 5.81. The number of aliphatic hydroxyl groups is 1. The smallest absolute Gasteiger partial charge is 0.275 e. The van der Waals surface area contributed by atoms with Crippen molar-refractivity contribution in [3.63, 3.8) is 0 Å². The van der Waals surface area contributed by atoms with Crippen LogP contribution in [-0.2, 0) is 4.74 Å². The third kappa shape index (κ3) is 2.02. The number of H-pyrrole nitrogens is 1. The zero-order valence-electron chi connectivity index (χ0n) is 12.3. The first-order valence-electron chi connectivity index (χ1n) is 7.74. The maximum atomic E-state index is 12.8. The van der Waals surface area contributed by atoms with E-state index in [2.05, 4.69) is 10.2 Å². The van der Waals surface area contributed by atoms with Crippen LogP contribution in [0.15, 0.2) is 24.3 Å². The van der Waals surface area contributed by atoms with Crippen LogP contribution in [0.25, 0.3) is 10.9 Å². The van der Waals surface area contributed by atoms with Crippen molar-refractivity contribution in [1.29, 1.82) is 0 Å². The fourth-order valence-corrected chi connectivity index (χ4v) is 3.60. The molecule has 0 radical (unpaired) electrons. The minimum absolute atomic E-state index is 0.0979. The number of aliphatic hydroxyl groups excluding tert-OH is 1. The Morgan fingerprint density at radius 3 is 3.14 bits per heavy atom. The Morgan fingerprint density at radius 1 is 1.45 bits per heavy atom. The fourth-order valence-electron chi connectivity index (χ4n) is 3.60. The van der Waals surface area contributed by atoms with Gasteiger partial charge in [-0.25, -0.2) is 0 Å². The summed E-state index contributed by atoms with van der Waals surface area (Å²) in [6.45, 7) is 1.63. The number of rotatable bonds is 1. The van der Waals surface area contributed by atoms with Crippen LogP contribution in [0, 0.1) is 0 Å². The zero-order chi connectivity index (χ0) is 15.2. The third-order valence-corrected chi connectivity index (χ3v) is 4.83. The minimum atomic E-state index is -0.583. The molecule has 2 fully saturated rings. The number of para-hydroxylation sites is 1. The number of carbonyl (C=O) groups is 1. The van der Waals surface area contributed by atoms with E-state index in [1.165, 1.54) is 0 Å². The second-order valence-corrected chi connectivity index (χ2v) is 6.17. The van der Waals surface area contributed by atoms with Crippen molar-refractivity contribution in [1.82, 2.24) is 15.1 Å². The van der Waals surface area contributed by atoms with E-state index in [1.54, 1.807) is 4.90 Å². The lowest BCUT2D eigenvalue weighted by Gasteiger charge is -2.42. The van der Waals surface area contributed by atoms with Crippen LogP contribution in [0.4, 0.5) is 0 Å². The van der Waals surface area contributed by atoms with E-state index in [9.17, 15) is 9.90 Å². The zero-order valence-corrected chi connectivity index (χ0v) is 12.3. The van der Waals surface area contributed by atoms with Crippen molar-refractivity contribution in [2.75, 3.05) is 19.7 Å². The Balaban J connectivity index is 1.63. The number of hydrogen-bond acceptors (Lipinski definition) is 4. The van der Waals surface area contributed by atoms with Crippen LogP contribution in [0.3, 0.4) is 0 Å². The lowest BCUT2D eigenvalue weighted by atomic mass is 9.87. The Bertz CT molecular complexity index is 705. The predicted octanol–water partition coefficient (Wildman–Crippen LogP) is 1.32. The van der Waals surface area contributed by atoms with Crippen molar-refractivity contribution < 1.29 is 14.6 Å². The molecule has 2 aliphatic rings. The highest BCUT2D eigenvalue weighted by molar-refractivity contribution is 6.04. The van der Waals surface area contributed by atoms with E-state index in [4.69, 9.17) is 4.74 Å². The molecule has 3 heterocycles. The van der Waals surface area contributed by atoms with Gasteiger partial charge < -0.3 is 14.7 Å². The molecule has 0 unspecified atom stereocenters. The molecular formula is C16H19N3O3. The van der Waals surface area contributed by atoms with Crippen LogP contribution in [0.2, 0.25) is 0 Å². The standard InChI is InChI=1S/C16H19N3O3/c20-13-6-8-19(10-16(13)7-3-9-22-16)15(21)14-11-4-1-2-5-12(11)17-18-14/h1-2,4-5,13,20H,3,6-10H2,(H,17,18)/t13-,16-/m0/s1. The quantitative estimate of drug-likeness (QED) is 0.832. The van der Waals surface area contributed by atoms with Gasteiger partial charge in [0, 0.05) is 18.5 Å². The number of likely N-dealkylation sites (tertiary alicyclic amines) is 1. The van der Waals surface area contributed by atoms with Gasteiger partial charge in [-0.05, 0) is 25.3 Å². The summed E-state index contributed by atoms with van der Waals surface area (Å²) in [4.78, 5) is 14.6. The van der Waals surface area contributed by atoms with Crippen molar-refractivity contribution in [3.05, 3.63) is 30.0 Å². The number of nitrogens with zero attached hydrogens (tertiary/aromatic N) is 2. The summed E-state index contributed by atoms with van der Waals surface area (Å²) in [5, 5.41) is 18.2. The molecule has 2 saturated heterocycles. The molecule has 0 bridgehead atoms. The first kappa shape index (κ1) is 13.7. The summed E-state index contributed by atoms with van der Waals surface area (Å²) >= 11 is 0. The Labute approximate surface area is 128 Å². The van der Waals surface area contributed by atoms with Crippen LogP contribution in [0.1, 0.15) is 29.8 Å². The Hall–Kier alpha value is -1.92. The van der Waals surface area contributed by atoms with Crippen LogP contribution in [0.5, 0.6) is 0 Å². The number of hydrogen-bond donors (Lipinski definition) is 2. The van der Waals surface area contributed by atoms with Crippen LogP contribution < -0.4 is 0 Å². The van der Waals surface area contributed by atoms with Gasteiger partial charge in [0.1, 0.15) is 5.60 Å². The maximum Gasteiger partial charge on any atom is 0.275 e. The lowest BCUT2D eigenvalue weighted by Crippen LogP contribution is -2.57. The fraction of sp³-hybridized carbons (Fsp3) is 0.500. The lowest BCUT2D eigenvalue weighted by molar-refractivity contribution is -0.124. The predicted molar refractivity (Wildman–Crippen MR) is 80.5 cm³/mol. The molecule has 2 N–H and O–H groups in total. The Morgan fingerprint density at radius 2 is 2.32 bits per heavy atom. The number of aromatic nitrogens is 2. The number of nitrogens with one attached hydrogen (secondary N) is 1. The molecular weight excluding hydrogens is 282 g/mol. The summed E-state index contributed by atoms with van der Waals surface area (Å²) in [5.74, 6) is -0.0979. The van der Waals surface area contributed by atoms with Gasteiger partial charge in [0.2, 0.25) is 0 Å². The molecule has 22 heavy (non-hydrogen) atoms. The number of aromatic amines is 1. The van der Waals surface area contributed by atoms with E-state index >= 15 is 0 Å². The molecule has 2 aliphatic heterocycles. The van der Waals surface area contributed by atoms with Crippen molar-refractivity contribution >= 4 is 16.8 Å². The first-order valence-corrected chi connectivity index (χ1v) is 7.74. The Kier molecular flexibility index (Phi) is 3.16. The summed E-state index contributed by atoms with van der Waals surface area (Å²) in [6.07, 6.45) is 1.80. The van der Waals surface area contributed by atoms with Gasteiger partial charge in [-0.3, -0.25) is 9.89 Å². The molecule has 1 aromatic carbocycles. The molecule has 116 valence electrons. The highest BCUT2D eigenvalue weighted by Gasteiger charge is 2.47. The SMILES string of the molecule is O=C(c1n[nH]c2ccccc12)N1CC[C@H](O)[C@]2(CCCO2)C1. The molecule has 2 atom stereocenters. The largest absolute Gasteiger partial charge is 0.390 e. The van der Waals surface area contributed by atoms with Gasteiger partial charge in [0.25, 0.3) is 5.91 Å². The highest BCUT2D eigenvalue weighted by Crippen LogP contribution is 2.35. The number of carbonyl (C=O) groups excluding carboxylic acids is 1. The van der Waals surface area contributed by atoms with Crippen molar-refractivity contribution in [2.45, 2.75) is 31.0 Å². The van der Waals surface area contributed by atoms with Gasteiger partial charge in [0.05, 0.1) is 18.2 Å². The molecule has 1 aromatic heterocycles. The summed E-state index contributed by atoms with van der Waals surface area (Å²) in [6, 6.07) is 7.61. The third-order valence-electron chi connectivity index (χ3n) is 4.83. The maximum absolute atomic E-state index is 12.8. The molecule has 0 saturated carbocycles. The number of benzene rings is 1. The van der Waals surface area contributed by atoms with E-state index in [1.807, 2.05) is 24.3 Å². The average molecular weight is 301 g/mol. The second kappa shape index (κ2) is 5.07. The second-order valence-electron chi connectivity index (χ2n) is 6.17. The van der Waals surface area contributed by atoms with Crippen LogP contribution in [-0.4, -0.2) is 57.5 Å². The monoisotopic (exact) mass is 301 g/mol. The van der Waals surface area contributed by atoms with Gasteiger partial charge in [-0.1, -0.05) is 18.2 Å². The highest BCUT2D eigenvalue weighted by atomic mass is 16.5. The van der Waals surface area contributed by atoms with Crippen molar-refractivity contribution in [2.24, 2.45) is 0 Å². The topological polar surface area (TPSA) is 78.5 Å². The minimum Gasteiger partial charge on any atom is -0.390 e. The molecule has 2 aromatic rings. The summed E-state index contributed by atoms with van der Waals surface area (Å²) in [5.41, 5.74) is 0.717. The normalized spacial score (nSPS) is 28.6. The number of fused-ring (bicyclic) bond motifs is 1. The van der Waals surface area contributed by atoms with E-state index in [0.717, 1.165) is 23.7 Å². The van der Waals surface area contributed by atoms with E-state index in [-0.39, 0.29) is 5.91 Å². The van der Waals surface area contributed by atoms with Gasteiger partial charge in [-0.15, -0.1) is 0 Å². The van der Waals surface area contributed by atoms with Crippen LogP contribution >= 0.6 is 0 Å². The van der Waals surface area contributed by atoms with Gasteiger partial charge in [0.15, 0.2) is 5.69 Å². The van der Waals surface area contributed by atoms with E-state index < -0.39 is 11.7 Å². The number of piperidine rings is 1. The number of amides is 1. The number of ether oxygens (including phenoxy) is 1.